The van der Waals surface area contributed by atoms with Crippen molar-refractivity contribution in [2.24, 2.45) is 0 Å². The standard InChI is InChI=1S/C22H21NO4S/c1-2-26-22(25)20-16-10-6-12-18(16)28-21(20)23-19(24)13-27-17-11-5-8-14-7-3-4-9-15(14)17/h3-5,7-9,11H,2,6,10,12-13H2,1H3,(H,23,24). The van der Waals surface area contributed by atoms with Crippen LogP contribution in [0.4, 0.5) is 5.00 Å². The largest absolute Gasteiger partial charge is 0.483 e. The maximum atomic E-state index is 12.5. The number of rotatable bonds is 6. The molecule has 1 heterocycles. The van der Waals surface area contributed by atoms with E-state index in [1.807, 2.05) is 42.5 Å². The summed E-state index contributed by atoms with van der Waals surface area (Å²) in [4.78, 5) is 26.1. The van der Waals surface area contributed by atoms with E-state index in [4.69, 9.17) is 9.47 Å². The predicted octanol–water partition coefficient (Wildman–Crippen LogP) is 4.58. The third-order valence-corrected chi connectivity index (χ3v) is 5.97. The second-order valence-electron chi connectivity index (χ2n) is 6.60. The van der Waals surface area contributed by atoms with Gasteiger partial charge in [-0.15, -0.1) is 11.3 Å². The summed E-state index contributed by atoms with van der Waals surface area (Å²) in [5.41, 5.74) is 1.53. The van der Waals surface area contributed by atoms with Crippen molar-refractivity contribution < 1.29 is 19.1 Å². The Morgan fingerprint density at radius 1 is 1.11 bits per heavy atom. The molecule has 3 aromatic rings. The third-order valence-electron chi connectivity index (χ3n) is 4.76. The van der Waals surface area contributed by atoms with Gasteiger partial charge in [0.1, 0.15) is 10.8 Å². The third kappa shape index (κ3) is 3.60. The average molecular weight is 395 g/mol. The number of anilines is 1. The quantitative estimate of drug-likeness (QED) is 0.620. The lowest BCUT2D eigenvalue weighted by atomic mass is 10.1. The van der Waals surface area contributed by atoms with Gasteiger partial charge in [0, 0.05) is 10.3 Å². The highest BCUT2D eigenvalue weighted by Crippen LogP contribution is 2.39. The lowest BCUT2D eigenvalue weighted by molar-refractivity contribution is -0.118. The highest BCUT2D eigenvalue weighted by Gasteiger charge is 2.28. The number of carbonyl (C=O) groups is 2. The maximum absolute atomic E-state index is 12.5. The second-order valence-corrected chi connectivity index (χ2v) is 7.70. The fourth-order valence-corrected chi connectivity index (χ4v) is 4.83. The number of hydrogen-bond donors (Lipinski definition) is 1. The Kier molecular flexibility index (Phi) is 5.30. The van der Waals surface area contributed by atoms with E-state index >= 15 is 0 Å². The van der Waals surface area contributed by atoms with E-state index in [1.54, 1.807) is 6.92 Å². The van der Waals surface area contributed by atoms with Crippen molar-refractivity contribution in [3.8, 4) is 5.75 Å². The summed E-state index contributed by atoms with van der Waals surface area (Å²) in [5.74, 6) is -0.00174. The van der Waals surface area contributed by atoms with Gasteiger partial charge in [0.25, 0.3) is 5.91 Å². The Morgan fingerprint density at radius 2 is 1.93 bits per heavy atom. The van der Waals surface area contributed by atoms with Crippen LogP contribution in [0.2, 0.25) is 0 Å². The Hall–Kier alpha value is -2.86. The smallest absolute Gasteiger partial charge is 0.341 e. The molecule has 0 atom stereocenters. The summed E-state index contributed by atoms with van der Waals surface area (Å²) >= 11 is 1.47. The number of esters is 1. The van der Waals surface area contributed by atoms with Crippen LogP contribution < -0.4 is 10.1 Å². The van der Waals surface area contributed by atoms with Crippen LogP contribution in [0.3, 0.4) is 0 Å². The van der Waals surface area contributed by atoms with Gasteiger partial charge in [0.2, 0.25) is 0 Å². The molecule has 0 bridgehead atoms. The van der Waals surface area contributed by atoms with Gasteiger partial charge in [-0.2, -0.15) is 0 Å². The molecule has 0 aliphatic heterocycles. The highest BCUT2D eigenvalue weighted by molar-refractivity contribution is 7.17. The molecule has 1 N–H and O–H groups in total. The number of nitrogens with one attached hydrogen (secondary N) is 1. The van der Waals surface area contributed by atoms with Crippen LogP contribution in [0, 0.1) is 0 Å². The minimum absolute atomic E-state index is 0.126. The number of amides is 1. The van der Waals surface area contributed by atoms with Gasteiger partial charge in [-0.05, 0) is 43.2 Å². The zero-order chi connectivity index (χ0) is 19.5. The first-order valence-corrected chi connectivity index (χ1v) is 10.2. The first-order chi connectivity index (χ1) is 13.7. The minimum Gasteiger partial charge on any atom is -0.483 e. The molecule has 2 aromatic carbocycles. The van der Waals surface area contributed by atoms with Crippen molar-refractivity contribution in [2.45, 2.75) is 26.2 Å². The van der Waals surface area contributed by atoms with Crippen LogP contribution in [-0.4, -0.2) is 25.1 Å². The molecule has 28 heavy (non-hydrogen) atoms. The van der Waals surface area contributed by atoms with Crippen LogP contribution >= 0.6 is 11.3 Å². The first kappa shape index (κ1) is 18.5. The van der Waals surface area contributed by atoms with E-state index in [-0.39, 0.29) is 18.5 Å². The monoisotopic (exact) mass is 395 g/mol. The van der Waals surface area contributed by atoms with E-state index in [2.05, 4.69) is 5.32 Å². The van der Waals surface area contributed by atoms with Crippen molar-refractivity contribution in [1.82, 2.24) is 0 Å². The SMILES string of the molecule is CCOC(=O)c1c(NC(=O)COc2cccc3ccccc23)sc2c1CCC2. The zero-order valence-corrected chi connectivity index (χ0v) is 16.4. The molecular formula is C22H21NO4S. The van der Waals surface area contributed by atoms with Crippen LogP contribution in [0.1, 0.15) is 34.1 Å². The van der Waals surface area contributed by atoms with Gasteiger partial charge in [0.05, 0.1) is 12.2 Å². The first-order valence-electron chi connectivity index (χ1n) is 9.39. The highest BCUT2D eigenvalue weighted by atomic mass is 32.1. The number of benzene rings is 2. The van der Waals surface area contributed by atoms with Crippen molar-refractivity contribution >= 4 is 39.0 Å². The van der Waals surface area contributed by atoms with Gasteiger partial charge >= 0.3 is 5.97 Å². The summed E-state index contributed by atoms with van der Waals surface area (Å²) in [6, 6.07) is 13.6. The van der Waals surface area contributed by atoms with Crippen LogP contribution in [0.15, 0.2) is 42.5 Å². The zero-order valence-electron chi connectivity index (χ0n) is 15.6. The van der Waals surface area contributed by atoms with Crippen LogP contribution in [0.5, 0.6) is 5.75 Å². The van der Waals surface area contributed by atoms with E-state index in [9.17, 15) is 9.59 Å². The van der Waals surface area contributed by atoms with Gasteiger partial charge in [0.15, 0.2) is 6.61 Å². The lowest BCUT2D eigenvalue weighted by Crippen LogP contribution is -2.21. The van der Waals surface area contributed by atoms with Crippen molar-refractivity contribution in [2.75, 3.05) is 18.5 Å². The molecule has 5 nitrogen and oxygen atoms in total. The molecule has 144 valence electrons. The Bertz CT molecular complexity index is 1030. The minimum atomic E-state index is -0.368. The fraction of sp³-hybridized carbons (Fsp3) is 0.273. The molecule has 1 aromatic heterocycles. The van der Waals surface area contributed by atoms with Crippen molar-refractivity contribution in [3.63, 3.8) is 0 Å². The molecule has 0 unspecified atom stereocenters. The number of aryl methyl sites for hydroxylation is 1. The molecule has 0 spiro atoms. The Labute approximate surface area is 167 Å². The Balaban J connectivity index is 1.49. The van der Waals surface area contributed by atoms with Gasteiger partial charge < -0.3 is 14.8 Å². The molecule has 0 radical (unpaired) electrons. The molecule has 0 fully saturated rings. The normalized spacial score (nSPS) is 12.6. The predicted molar refractivity (Wildman–Crippen MR) is 110 cm³/mol. The lowest BCUT2D eigenvalue weighted by Gasteiger charge is -2.10. The molecule has 4 rings (SSSR count). The topological polar surface area (TPSA) is 64.6 Å². The number of carbonyl (C=O) groups excluding carboxylic acids is 2. The Morgan fingerprint density at radius 3 is 2.79 bits per heavy atom. The molecule has 0 saturated carbocycles. The summed E-state index contributed by atoms with van der Waals surface area (Å²) in [5, 5.41) is 5.43. The molecule has 1 aliphatic rings. The second kappa shape index (κ2) is 8.02. The number of thiophene rings is 1. The summed E-state index contributed by atoms with van der Waals surface area (Å²) in [6.07, 6.45) is 2.82. The average Bonchev–Trinajstić information content (AvgIpc) is 3.27. The van der Waals surface area contributed by atoms with Crippen LogP contribution in [0.25, 0.3) is 10.8 Å². The molecule has 0 saturated heterocycles. The van der Waals surface area contributed by atoms with E-state index < -0.39 is 0 Å². The molecule has 6 heteroatoms. The fourth-order valence-electron chi connectivity index (χ4n) is 3.54. The van der Waals surface area contributed by atoms with Gasteiger partial charge in [-0.1, -0.05) is 36.4 Å². The van der Waals surface area contributed by atoms with E-state index in [0.717, 1.165) is 40.5 Å². The number of fused-ring (bicyclic) bond motifs is 2. The molecule has 1 aliphatic carbocycles. The van der Waals surface area contributed by atoms with E-state index in [0.29, 0.717) is 22.9 Å². The number of ether oxygens (including phenoxy) is 2. The van der Waals surface area contributed by atoms with Gasteiger partial charge in [-0.3, -0.25) is 4.79 Å². The number of hydrogen-bond acceptors (Lipinski definition) is 5. The van der Waals surface area contributed by atoms with Gasteiger partial charge in [-0.25, -0.2) is 4.79 Å². The summed E-state index contributed by atoms with van der Waals surface area (Å²) < 4.78 is 11.0. The molecular weight excluding hydrogens is 374 g/mol. The molecule has 1 amide bonds. The van der Waals surface area contributed by atoms with E-state index in [1.165, 1.54) is 11.3 Å². The maximum Gasteiger partial charge on any atom is 0.341 e. The van der Waals surface area contributed by atoms with Crippen LogP contribution in [-0.2, 0) is 22.4 Å². The summed E-state index contributed by atoms with van der Waals surface area (Å²) in [6.45, 7) is 1.96. The van der Waals surface area contributed by atoms with Crippen molar-refractivity contribution in [3.05, 3.63) is 58.5 Å². The summed E-state index contributed by atoms with van der Waals surface area (Å²) in [7, 11) is 0. The van der Waals surface area contributed by atoms with Crippen molar-refractivity contribution in [1.29, 1.82) is 0 Å².